The largest absolute Gasteiger partial charge is 0.416 e. The van der Waals surface area contributed by atoms with Crippen molar-refractivity contribution < 1.29 is 13.2 Å². The van der Waals surface area contributed by atoms with Gasteiger partial charge in [0.2, 0.25) is 5.69 Å². The highest BCUT2D eigenvalue weighted by Gasteiger charge is 2.31. The molecule has 0 aliphatic heterocycles. The number of pyridine rings is 1. The molecule has 6 nitrogen and oxygen atoms in total. The number of nitriles is 1. The Labute approximate surface area is 301 Å². The summed E-state index contributed by atoms with van der Waals surface area (Å²) < 4.78 is 41.4. The van der Waals surface area contributed by atoms with E-state index in [1.807, 2.05) is 36.4 Å². The summed E-state index contributed by atoms with van der Waals surface area (Å²) in [6.45, 7) is 17.3. The molecule has 0 aliphatic rings. The summed E-state index contributed by atoms with van der Waals surface area (Å²) in [7, 11) is 0. The molecule has 0 atom stereocenters. The van der Waals surface area contributed by atoms with Crippen LogP contribution in [0.15, 0.2) is 121 Å². The molecule has 0 aliphatic carbocycles. The van der Waals surface area contributed by atoms with Crippen molar-refractivity contribution in [1.29, 1.82) is 5.26 Å². The molecule has 0 radical (unpaired) electrons. The van der Waals surface area contributed by atoms with Crippen LogP contribution in [0.5, 0.6) is 0 Å². The fourth-order valence-corrected chi connectivity index (χ4v) is 6.68. The van der Waals surface area contributed by atoms with Crippen molar-refractivity contribution in [2.75, 3.05) is 0 Å². The monoisotopic (exact) mass is 692 g/mol. The van der Waals surface area contributed by atoms with E-state index in [1.54, 1.807) is 79.7 Å². The van der Waals surface area contributed by atoms with Gasteiger partial charge in [0.15, 0.2) is 5.69 Å². The maximum Gasteiger partial charge on any atom is 0.416 e. The second-order valence-electron chi connectivity index (χ2n) is 12.5. The van der Waals surface area contributed by atoms with Gasteiger partial charge >= 0.3 is 6.18 Å². The molecule has 8 rings (SSSR count). The van der Waals surface area contributed by atoms with Crippen molar-refractivity contribution >= 4 is 44.1 Å². The lowest BCUT2D eigenvalue weighted by Crippen LogP contribution is -2.05. The lowest BCUT2D eigenvalue weighted by molar-refractivity contribution is -0.137. The average molecular weight is 693 g/mol. The van der Waals surface area contributed by atoms with Crippen LogP contribution in [0.4, 0.5) is 24.5 Å². The Kier molecular flexibility index (Phi) is 7.87. The number of rotatable bonds is 4. The topological polar surface area (TPSA) is 71.2 Å². The second kappa shape index (κ2) is 12.7. The predicted molar refractivity (Wildman–Crippen MR) is 201 cm³/mol. The van der Waals surface area contributed by atoms with Crippen LogP contribution in [0.3, 0.4) is 0 Å². The van der Waals surface area contributed by atoms with Gasteiger partial charge in [-0.05, 0) is 71.6 Å². The van der Waals surface area contributed by atoms with Crippen LogP contribution in [-0.4, -0.2) is 15.0 Å². The molecule has 2 heterocycles. The van der Waals surface area contributed by atoms with Gasteiger partial charge in [-0.1, -0.05) is 78.9 Å². The molecular formula is C44H23F3N6. The molecule has 0 saturated heterocycles. The van der Waals surface area contributed by atoms with E-state index in [9.17, 15) is 18.4 Å². The number of halogens is 3. The number of aryl methyl sites for hydroxylation is 1. The van der Waals surface area contributed by atoms with Crippen LogP contribution in [0.25, 0.3) is 87.3 Å². The summed E-state index contributed by atoms with van der Waals surface area (Å²) in [6.07, 6.45) is -4.50. The minimum atomic E-state index is -4.50. The van der Waals surface area contributed by atoms with E-state index in [0.717, 1.165) is 17.5 Å². The first-order valence-corrected chi connectivity index (χ1v) is 16.4. The van der Waals surface area contributed by atoms with E-state index in [-0.39, 0.29) is 5.69 Å². The zero-order chi connectivity index (χ0) is 36.9. The van der Waals surface area contributed by atoms with Crippen molar-refractivity contribution in [3.63, 3.8) is 0 Å². The molecule has 0 bridgehead atoms. The molecule has 9 heteroatoms. The number of fused-ring (bicyclic) bond motifs is 5. The lowest BCUT2D eigenvalue weighted by atomic mass is 9.94. The SMILES string of the molecule is [C-]#[N+]c1ccc(-c2nc3c([N+]#[C-])cc4c(-c5cccc(-c6cc(C)cc(C(F)(F)F)c6)c5)nc5ccccc5c4c3nc2-c2ccc(C#N)cc2)cc1. The molecule has 53 heavy (non-hydrogen) atoms. The van der Waals surface area contributed by atoms with Gasteiger partial charge in [-0.3, -0.25) is 4.98 Å². The summed E-state index contributed by atoms with van der Waals surface area (Å²) >= 11 is 0. The van der Waals surface area contributed by atoms with Gasteiger partial charge in [-0.15, -0.1) is 0 Å². The molecule has 0 unspecified atom stereocenters. The third-order valence-electron chi connectivity index (χ3n) is 9.14. The van der Waals surface area contributed by atoms with Crippen molar-refractivity contribution in [2.24, 2.45) is 0 Å². The Morgan fingerprint density at radius 3 is 1.96 bits per heavy atom. The smallest absolute Gasteiger partial charge is 0.255 e. The number of hydrogen-bond donors (Lipinski definition) is 0. The first-order chi connectivity index (χ1) is 25.6. The maximum absolute atomic E-state index is 13.8. The third-order valence-corrected chi connectivity index (χ3v) is 9.14. The summed E-state index contributed by atoms with van der Waals surface area (Å²) in [6, 6.07) is 36.7. The Bertz CT molecular complexity index is 2910. The summed E-state index contributed by atoms with van der Waals surface area (Å²) in [4.78, 5) is 22.8. The highest BCUT2D eigenvalue weighted by atomic mass is 19.4. The summed E-state index contributed by atoms with van der Waals surface area (Å²) in [5.74, 6) is 0. The molecule has 0 saturated carbocycles. The van der Waals surface area contributed by atoms with E-state index in [4.69, 9.17) is 28.1 Å². The molecular weight excluding hydrogens is 670 g/mol. The van der Waals surface area contributed by atoms with Crippen LogP contribution in [0.2, 0.25) is 0 Å². The van der Waals surface area contributed by atoms with E-state index >= 15 is 0 Å². The molecule has 0 N–H and O–H groups in total. The fraction of sp³-hybridized carbons (Fsp3) is 0.0455. The molecule has 0 fully saturated rings. The van der Waals surface area contributed by atoms with Crippen molar-refractivity contribution in [3.05, 3.63) is 161 Å². The van der Waals surface area contributed by atoms with Gasteiger partial charge in [-0.2, -0.15) is 18.4 Å². The second-order valence-corrected chi connectivity index (χ2v) is 12.5. The van der Waals surface area contributed by atoms with Crippen LogP contribution in [-0.2, 0) is 6.18 Å². The number of aromatic nitrogens is 3. The highest BCUT2D eigenvalue weighted by molar-refractivity contribution is 6.23. The van der Waals surface area contributed by atoms with Crippen LogP contribution >= 0.6 is 0 Å². The minimum absolute atomic E-state index is 0.244. The van der Waals surface area contributed by atoms with E-state index < -0.39 is 11.7 Å². The van der Waals surface area contributed by atoms with Gasteiger partial charge in [0.1, 0.15) is 0 Å². The molecule has 0 spiro atoms. The van der Waals surface area contributed by atoms with E-state index in [1.165, 1.54) is 0 Å². The number of nitrogens with zero attached hydrogens (tertiary/aromatic N) is 6. The van der Waals surface area contributed by atoms with Gasteiger partial charge < -0.3 is 0 Å². The normalized spacial score (nSPS) is 11.3. The number of para-hydroxylation sites is 1. The number of hydrogen-bond acceptors (Lipinski definition) is 4. The maximum atomic E-state index is 13.8. The third kappa shape index (κ3) is 5.85. The molecule has 0 amide bonds. The van der Waals surface area contributed by atoms with Crippen LogP contribution < -0.4 is 0 Å². The first kappa shape index (κ1) is 32.8. The zero-order valence-electron chi connectivity index (χ0n) is 27.9. The van der Waals surface area contributed by atoms with Gasteiger partial charge in [0.05, 0.1) is 64.0 Å². The predicted octanol–water partition coefficient (Wildman–Crippen LogP) is 12.3. The Balaban J connectivity index is 1.45. The Hall–Kier alpha value is -7.41. The first-order valence-electron chi connectivity index (χ1n) is 16.4. The fourth-order valence-electron chi connectivity index (χ4n) is 6.68. The van der Waals surface area contributed by atoms with Crippen LogP contribution in [0, 0.1) is 31.4 Å². The lowest BCUT2D eigenvalue weighted by Gasteiger charge is -2.17. The average Bonchev–Trinajstić information content (AvgIpc) is 3.19. The van der Waals surface area contributed by atoms with Gasteiger partial charge in [0, 0.05) is 27.3 Å². The van der Waals surface area contributed by atoms with E-state index in [2.05, 4.69) is 15.8 Å². The highest BCUT2D eigenvalue weighted by Crippen LogP contribution is 2.43. The standard InChI is InChI=1S/C44H23F3N6/c1-25-19-31(22-32(20-25)44(45,46)47)29-7-6-8-30(21-29)39-35-23-37(50-3)42-43(38(35)34-9-4-5-10-36(34)51-39)53-41(27-13-11-26(24-48)12-14-27)40(52-42)28-15-17-33(49-2)18-16-28/h4-23H,1H3. The number of alkyl halides is 3. The molecule has 250 valence electrons. The van der Waals surface area contributed by atoms with Gasteiger partial charge in [0.25, 0.3) is 0 Å². The molecule has 8 aromatic rings. The molecule has 6 aromatic carbocycles. The minimum Gasteiger partial charge on any atom is -0.255 e. The van der Waals surface area contributed by atoms with Gasteiger partial charge in [-0.25, -0.2) is 19.7 Å². The zero-order valence-corrected chi connectivity index (χ0v) is 27.9. The summed E-state index contributed by atoms with van der Waals surface area (Å²) in [5, 5.41) is 11.6. The van der Waals surface area contributed by atoms with Crippen molar-refractivity contribution in [2.45, 2.75) is 13.1 Å². The number of benzene rings is 6. The summed E-state index contributed by atoms with van der Waals surface area (Å²) in [5.41, 5.74) is 7.09. The van der Waals surface area contributed by atoms with E-state index in [0.29, 0.717) is 89.0 Å². The Morgan fingerprint density at radius 2 is 1.28 bits per heavy atom. The quantitative estimate of drug-likeness (QED) is 0.136. The Morgan fingerprint density at radius 1 is 0.604 bits per heavy atom. The van der Waals surface area contributed by atoms with Crippen LogP contribution in [0.1, 0.15) is 16.7 Å². The molecule has 2 aromatic heterocycles. The van der Waals surface area contributed by atoms with Crippen molar-refractivity contribution in [1.82, 2.24) is 15.0 Å². The van der Waals surface area contributed by atoms with Crippen molar-refractivity contribution in [3.8, 4) is 51.0 Å².